The SMILES string of the molecule is O=C1CCC=C1C([O-])c1ccccc1. The molecule has 1 aromatic carbocycles. The largest absolute Gasteiger partial charge is 0.845 e. The van der Waals surface area contributed by atoms with E-state index in [2.05, 4.69) is 0 Å². The number of allylic oxidation sites excluding steroid dienone is 1. The molecule has 1 atom stereocenters. The Morgan fingerprint density at radius 3 is 2.50 bits per heavy atom. The molecule has 72 valence electrons. The first kappa shape index (κ1) is 9.16. The lowest BCUT2D eigenvalue weighted by Crippen LogP contribution is -2.20. The van der Waals surface area contributed by atoms with Gasteiger partial charge in [-0.15, -0.1) is 0 Å². The van der Waals surface area contributed by atoms with Crippen molar-refractivity contribution in [3.05, 3.63) is 47.5 Å². The summed E-state index contributed by atoms with van der Waals surface area (Å²) in [5.41, 5.74) is 1.12. The Labute approximate surface area is 82.9 Å². The van der Waals surface area contributed by atoms with Crippen molar-refractivity contribution in [1.29, 1.82) is 0 Å². The number of hydrogen-bond donors (Lipinski definition) is 0. The molecule has 0 bridgehead atoms. The summed E-state index contributed by atoms with van der Waals surface area (Å²) in [6.45, 7) is 0. The average Bonchev–Trinajstić information content (AvgIpc) is 2.65. The summed E-state index contributed by atoms with van der Waals surface area (Å²) in [5, 5.41) is 11.9. The standard InChI is InChI=1S/C12H11O2/c13-11-8-4-7-10(11)12(14)9-5-2-1-3-6-9/h1-3,5-7,12H,4,8H2/q-1. The molecule has 1 unspecified atom stereocenters. The molecule has 0 amide bonds. The number of rotatable bonds is 2. The highest BCUT2D eigenvalue weighted by Gasteiger charge is 2.17. The molecule has 14 heavy (non-hydrogen) atoms. The van der Waals surface area contributed by atoms with E-state index in [0.717, 1.165) is 6.42 Å². The number of hydrogen-bond acceptors (Lipinski definition) is 2. The molecule has 0 spiro atoms. The van der Waals surface area contributed by atoms with Crippen molar-refractivity contribution in [3.63, 3.8) is 0 Å². The molecule has 0 heterocycles. The number of Topliss-reactive ketones (excluding diaryl/α,β-unsaturated/α-hetero) is 1. The summed E-state index contributed by atoms with van der Waals surface area (Å²) in [5.74, 6) is 0.00820. The topological polar surface area (TPSA) is 40.1 Å². The molecule has 0 saturated heterocycles. The van der Waals surface area contributed by atoms with E-state index in [1.807, 2.05) is 18.2 Å². The van der Waals surface area contributed by atoms with Crippen LogP contribution in [-0.4, -0.2) is 5.78 Å². The highest BCUT2D eigenvalue weighted by molar-refractivity contribution is 5.98. The van der Waals surface area contributed by atoms with Crippen molar-refractivity contribution in [3.8, 4) is 0 Å². The van der Waals surface area contributed by atoms with E-state index in [-0.39, 0.29) is 5.78 Å². The van der Waals surface area contributed by atoms with Gasteiger partial charge in [0, 0.05) is 6.42 Å². The van der Waals surface area contributed by atoms with Crippen LogP contribution in [0.1, 0.15) is 24.5 Å². The van der Waals surface area contributed by atoms with Crippen molar-refractivity contribution in [2.24, 2.45) is 0 Å². The van der Waals surface area contributed by atoms with Gasteiger partial charge in [0.05, 0.1) is 0 Å². The quantitative estimate of drug-likeness (QED) is 0.701. The van der Waals surface area contributed by atoms with Gasteiger partial charge in [0.1, 0.15) is 0 Å². The van der Waals surface area contributed by atoms with Gasteiger partial charge < -0.3 is 5.11 Å². The first-order valence-electron chi connectivity index (χ1n) is 4.73. The number of ketones is 1. The summed E-state index contributed by atoms with van der Waals surface area (Å²) >= 11 is 0. The summed E-state index contributed by atoms with van der Waals surface area (Å²) in [4.78, 5) is 11.3. The van der Waals surface area contributed by atoms with Gasteiger partial charge in [-0.1, -0.05) is 48.1 Å². The first-order chi connectivity index (χ1) is 6.79. The maximum Gasteiger partial charge on any atom is 0.158 e. The lowest BCUT2D eigenvalue weighted by Gasteiger charge is -2.23. The fraction of sp³-hybridized carbons (Fsp3) is 0.250. The Kier molecular flexibility index (Phi) is 2.46. The predicted octanol–water partition coefficient (Wildman–Crippen LogP) is 1.38. The van der Waals surface area contributed by atoms with Crippen LogP contribution in [-0.2, 0) is 4.79 Å². The van der Waals surface area contributed by atoms with Gasteiger partial charge in [0.2, 0.25) is 0 Å². The monoisotopic (exact) mass is 187 g/mol. The molecule has 1 aromatic rings. The highest BCUT2D eigenvalue weighted by Crippen LogP contribution is 2.25. The second-order valence-corrected chi connectivity index (χ2v) is 3.41. The fourth-order valence-corrected chi connectivity index (χ4v) is 1.68. The minimum Gasteiger partial charge on any atom is -0.845 e. The van der Waals surface area contributed by atoms with Crippen molar-refractivity contribution < 1.29 is 9.90 Å². The van der Waals surface area contributed by atoms with Crippen LogP contribution >= 0.6 is 0 Å². The van der Waals surface area contributed by atoms with Crippen LogP contribution in [0.2, 0.25) is 0 Å². The van der Waals surface area contributed by atoms with Gasteiger partial charge in [0.25, 0.3) is 0 Å². The molecule has 0 aromatic heterocycles. The Balaban J connectivity index is 2.24. The maximum atomic E-state index is 11.9. The average molecular weight is 187 g/mol. The lowest BCUT2D eigenvalue weighted by molar-refractivity contribution is -0.411. The van der Waals surface area contributed by atoms with Gasteiger partial charge in [-0.25, -0.2) is 0 Å². The molecule has 0 saturated carbocycles. The Morgan fingerprint density at radius 2 is 1.93 bits per heavy atom. The summed E-state index contributed by atoms with van der Waals surface area (Å²) in [6.07, 6.45) is 2.00. The van der Waals surface area contributed by atoms with Crippen molar-refractivity contribution in [2.75, 3.05) is 0 Å². The van der Waals surface area contributed by atoms with Crippen LogP contribution in [0.25, 0.3) is 0 Å². The second-order valence-electron chi connectivity index (χ2n) is 3.41. The third kappa shape index (κ3) is 1.61. The predicted molar refractivity (Wildman–Crippen MR) is 51.5 cm³/mol. The van der Waals surface area contributed by atoms with Gasteiger partial charge in [-0.2, -0.15) is 0 Å². The smallest absolute Gasteiger partial charge is 0.158 e. The van der Waals surface area contributed by atoms with Crippen molar-refractivity contribution in [1.82, 2.24) is 0 Å². The Morgan fingerprint density at radius 1 is 1.21 bits per heavy atom. The number of carbonyl (C=O) groups excluding carboxylic acids is 1. The molecular formula is C12H11O2-. The summed E-state index contributed by atoms with van der Waals surface area (Å²) in [6, 6.07) is 9.04. The molecule has 2 nitrogen and oxygen atoms in total. The Hall–Kier alpha value is -1.41. The zero-order chi connectivity index (χ0) is 9.97. The molecule has 2 heteroatoms. The zero-order valence-corrected chi connectivity index (χ0v) is 7.77. The van der Waals surface area contributed by atoms with E-state index in [4.69, 9.17) is 0 Å². The number of benzene rings is 1. The lowest BCUT2D eigenvalue weighted by atomic mass is 10.0. The maximum absolute atomic E-state index is 11.9. The van der Waals surface area contributed by atoms with Gasteiger partial charge in [-0.3, -0.25) is 4.79 Å². The van der Waals surface area contributed by atoms with Crippen LogP contribution < -0.4 is 5.11 Å². The van der Waals surface area contributed by atoms with E-state index in [1.165, 1.54) is 0 Å². The zero-order valence-electron chi connectivity index (χ0n) is 7.77. The minimum atomic E-state index is -0.994. The summed E-state index contributed by atoms with van der Waals surface area (Å²) in [7, 11) is 0. The molecular weight excluding hydrogens is 176 g/mol. The minimum absolute atomic E-state index is 0.00820. The van der Waals surface area contributed by atoms with Gasteiger partial charge in [0.15, 0.2) is 5.78 Å². The molecule has 1 aliphatic carbocycles. The Bertz CT molecular complexity index is 365. The molecule has 0 radical (unpaired) electrons. The molecule has 0 aliphatic heterocycles. The van der Waals surface area contributed by atoms with E-state index < -0.39 is 6.10 Å². The number of carbonyl (C=O) groups is 1. The van der Waals surface area contributed by atoms with E-state index >= 15 is 0 Å². The normalized spacial score (nSPS) is 18.1. The van der Waals surface area contributed by atoms with Crippen LogP contribution in [0, 0.1) is 0 Å². The van der Waals surface area contributed by atoms with Crippen molar-refractivity contribution >= 4 is 5.78 Å². The van der Waals surface area contributed by atoms with Crippen LogP contribution in [0.15, 0.2) is 42.0 Å². The second kappa shape index (κ2) is 3.76. The third-order valence-electron chi connectivity index (χ3n) is 2.44. The molecule has 0 N–H and O–H groups in total. The van der Waals surface area contributed by atoms with E-state index in [9.17, 15) is 9.90 Å². The molecule has 2 rings (SSSR count). The molecule has 1 aliphatic rings. The van der Waals surface area contributed by atoms with Crippen LogP contribution in [0.4, 0.5) is 0 Å². The summed E-state index contributed by atoms with van der Waals surface area (Å²) < 4.78 is 0. The molecule has 0 fully saturated rings. The van der Waals surface area contributed by atoms with E-state index in [1.54, 1.807) is 18.2 Å². The highest BCUT2D eigenvalue weighted by atomic mass is 16.3. The van der Waals surface area contributed by atoms with Crippen LogP contribution in [0.3, 0.4) is 0 Å². The fourth-order valence-electron chi connectivity index (χ4n) is 1.68. The van der Waals surface area contributed by atoms with Crippen LogP contribution in [0.5, 0.6) is 0 Å². The first-order valence-corrected chi connectivity index (χ1v) is 4.73. The van der Waals surface area contributed by atoms with Crippen molar-refractivity contribution in [2.45, 2.75) is 18.9 Å². The van der Waals surface area contributed by atoms with Gasteiger partial charge in [-0.05, 0) is 12.0 Å². The van der Waals surface area contributed by atoms with E-state index in [0.29, 0.717) is 17.6 Å². The van der Waals surface area contributed by atoms with Gasteiger partial charge >= 0.3 is 0 Å². The third-order valence-corrected chi connectivity index (χ3v) is 2.44.